The van der Waals surface area contributed by atoms with Crippen LogP contribution in [0.3, 0.4) is 0 Å². The van der Waals surface area contributed by atoms with Crippen LogP contribution in [0.25, 0.3) is 0 Å². The number of thioether (sulfide) groups is 1. The molecule has 0 aromatic rings. The molecule has 1 heterocycles. The summed E-state index contributed by atoms with van der Waals surface area (Å²) in [7, 11) is 0. The van der Waals surface area contributed by atoms with Crippen molar-refractivity contribution in [2.24, 2.45) is 5.92 Å². The second-order valence-electron chi connectivity index (χ2n) is 3.70. The summed E-state index contributed by atoms with van der Waals surface area (Å²) in [6.45, 7) is 4.80. The van der Waals surface area contributed by atoms with Crippen LogP contribution in [0.2, 0.25) is 0 Å². The summed E-state index contributed by atoms with van der Waals surface area (Å²) in [5.74, 6) is 3.28. The van der Waals surface area contributed by atoms with Crippen LogP contribution in [0.4, 0.5) is 0 Å². The van der Waals surface area contributed by atoms with Crippen molar-refractivity contribution in [1.29, 1.82) is 0 Å². The minimum Gasteiger partial charge on any atom is -0.296 e. The van der Waals surface area contributed by atoms with Crippen LogP contribution in [0, 0.1) is 5.92 Å². The molecule has 0 N–H and O–H groups in total. The third-order valence-electron chi connectivity index (χ3n) is 2.62. The lowest BCUT2D eigenvalue weighted by Gasteiger charge is -2.06. The molecule has 2 heteroatoms. The van der Waals surface area contributed by atoms with E-state index in [1.165, 1.54) is 24.6 Å². The first-order chi connectivity index (χ1) is 6.40. The summed E-state index contributed by atoms with van der Waals surface area (Å²) in [6.07, 6.45) is 8.90. The molecular formula is C11H17NS. The largest absolute Gasteiger partial charge is 0.296 e. The quantitative estimate of drug-likeness (QED) is 0.618. The van der Waals surface area contributed by atoms with Gasteiger partial charge in [0, 0.05) is 30.8 Å². The Morgan fingerprint density at radius 3 is 2.85 bits per heavy atom. The van der Waals surface area contributed by atoms with Crippen LogP contribution in [-0.2, 0) is 0 Å². The van der Waals surface area contributed by atoms with E-state index in [9.17, 15) is 0 Å². The van der Waals surface area contributed by atoms with E-state index in [2.05, 4.69) is 47.9 Å². The fourth-order valence-electron chi connectivity index (χ4n) is 1.73. The van der Waals surface area contributed by atoms with Crippen molar-refractivity contribution in [2.45, 2.75) is 13.0 Å². The predicted molar refractivity (Wildman–Crippen MR) is 60.1 cm³/mol. The molecule has 0 amide bonds. The van der Waals surface area contributed by atoms with Gasteiger partial charge in [0.15, 0.2) is 0 Å². The molecule has 1 aliphatic heterocycles. The van der Waals surface area contributed by atoms with E-state index in [1.807, 2.05) is 0 Å². The molecule has 1 nitrogen and oxygen atoms in total. The molecule has 0 aromatic carbocycles. The Labute approximate surface area is 84.9 Å². The SMILES string of the molecule is CCSC[C@H]1CN1CC1C=CC=C1. The van der Waals surface area contributed by atoms with Crippen molar-refractivity contribution in [3.63, 3.8) is 0 Å². The summed E-state index contributed by atoms with van der Waals surface area (Å²) in [4.78, 5) is 2.58. The van der Waals surface area contributed by atoms with Crippen LogP contribution in [0.1, 0.15) is 6.92 Å². The van der Waals surface area contributed by atoms with E-state index in [-0.39, 0.29) is 0 Å². The van der Waals surface area contributed by atoms with Crippen molar-refractivity contribution in [2.75, 3.05) is 24.6 Å². The number of hydrogen-bond acceptors (Lipinski definition) is 2. The van der Waals surface area contributed by atoms with E-state index in [4.69, 9.17) is 0 Å². The van der Waals surface area contributed by atoms with Crippen molar-refractivity contribution in [3.05, 3.63) is 24.3 Å². The van der Waals surface area contributed by atoms with E-state index in [0.29, 0.717) is 5.92 Å². The van der Waals surface area contributed by atoms with Gasteiger partial charge in [0.1, 0.15) is 0 Å². The monoisotopic (exact) mass is 195 g/mol. The zero-order chi connectivity index (χ0) is 9.10. The average Bonchev–Trinajstić information content (AvgIpc) is 2.62. The van der Waals surface area contributed by atoms with Crippen LogP contribution in [0.5, 0.6) is 0 Å². The van der Waals surface area contributed by atoms with E-state index in [0.717, 1.165) is 6.04 Å². The molecule has 1 aliphatic carbocycles. The first-order valence-electron chi connectivity index (χ1n) is 5.07. The fraction of sp³-hybridized carbons (Fsp3) is 0.636. The molecule has 2 rings (SSSR count). The lowest BCUT2D eigenvalue weighted by atomic mass is 10.2. The number of allylic oxidation sites excluding steroid dienone is 2. The van der Waals surface area contributed by atoms with Gasteiger partial charge in [0.05, 0.1) is 0 Å². The average molecular weight is 195 g/mol. The zero-order valence-corrected chi connectivity index (χ0v) is 8.96. The van der Waals surface area contributed by atoms with Gasteiger partial charge in [-0.25, -0.2) is 0 Å². The highest BCUT2D eigenvalue weighted by molar-refractivity contribution is 7.99. The Balaban J connectivity index is 1.63. The third kappa shape index (κ3) is 2.61. The molecule has 1 fully saturated rings. The fourth-order valence-corrected chi connectivity index (χ4v) is 2.55. The summed E-state index contributed by atoms with van der Waals surface area (Å²) in [5.41, 5.74) is 0. The highest BCUT2D eigenvalue weighted by Crippen LogP contribution is 2.24. The Morgan fingerprint density at radius 1 is 1.38 bits per heavy atom. The molecule has 0 saturated carbocycles. The Morgan fingerprint density at radius 2 is 2.15 bits per heavy atom. The standard InChI is InChI=1S/C11H17NS/c1-2-13-9-11-8-12(11)7-10-5-3-4-6-10/h3-6,10-11H,2,7-9H2,1H3/t11-,12?/m1/s1. The molecule has 72 valence electrons. The molecule has 13 heavy (non-hydrogen) atoms. The molecular weight excluding hydrogens is 178 g/mol. The van der Waals surface area contributed by atoms with Crippen LogP contribution >= 0.6 is 11.8 Å². The topological polar surface area (TPSA) is 3.01 Å². The number of rotatable bonds is 5. The lowest BCUT2D eigenvalue weighted by Crippen LogP contribution is -2.11. The van der Waals surface area contributed by atoms with Gasteiger partial charge >= 0.3 is 0 Å². The van der Waals surface area contributed by atoms with Gasteiger partial charge in [0.2, 0.25) is 0 Å². The van der Waals surface area contributed by atoms with Gasteiger partial charge in [-0.05, 0) is 5.75 Å². The maximum Gasteiger partial charge on any atom is 0.0314 e. The summed E-state index contributed by atoms with van der Waals surface area (Å²) in [5, 5.41) is 0. The Kier molecular flexibility index (Phi) is 3.12. The van der Waals surface area contributed by atoms with Crippen LogP contribution in [-0.4, -0.2) is 35.5 Å². The lowest BCUT2D eigenvalue weighted by molar-refractivity contribution is 0.486. The molecule has 1 unspecified atom stereocenters. The van der Waals surface area contributed by atoms with Crippen molar-refractivity contribution in [3.8, 4) is 0 Å². The Hall–Kier alpha value is -0.210. The van der Waals surface area contributed by atoms with Gasteiger partial charge in [-0.3, -0.25) is 4.90 Å². The smallest absolute Gasteiger partial charge is 0.0314 e. The van der Waals surface area contributed by atoms with Gasteiger partial charge in [-0.1, -0.05) is 31.2 Å². The summed E-state index contributed by atoms with van der Waals surface area (Å²) < 4.78 is 0. The van der Waals surface area contributed by atoms with Crippen LogP contribution in [0.15, 0.2) is 24.3 Å². The molecule has 2 aliphatic rings. The first-order valence-corrected chi connectivity index (χ1v) is 6.22. The molecule has 1 saturated heterocycles. The predicted octanol–water partition coefficient (Wildman–Crippen LogP) is 2.17. The van der Waals surface area contributed by atoms with Crippen LogP contribution < -0.4 is 0 Å². The van der Waals surface area contributed by atoms with Crippen molar-refractivity contribution >= 4 is 11.8 Å². The third-order valence-corrected chi connectivity index (χ3v) is 3.64. The zero-order valence-electron chi connectivity index (χ0n) is 8.15. The highest BCUT2D eigenvalue weighted by Gasteiger charge is 2.33. The van der Waals surface area contributed by atoms with Gasteiger partial charge in [-0.2, -0.15) is 11.8 Å². The van der Waals surface area contributed by atoms with Gasteiger partial charge in [0.25, 0.3) is 0 Å². The molecule has 0 spiro atoms. The number of hydrogen-bond donors (Lipinski definition) is 0. The molecule has 0 radical (unpaired) electrons. The minimum atomic E-state index is 0.691. The summed E-state index contributed by atoms with van der Waals surface area (Å²) in [6, 6.07) is 0.882. The Bertz CT molecular complexity index is 210. The van der Waals surface area contributed by atoms with Gasteiger partial charge in [-0.15, -0.1) is 0 Å². The highest BCUT2D eigenvalue weighted by atomic mass is 32.2. The maximum absolute atomic E-state index is 2.58. The maximum atomic E-state index is 2.58. The second-order valence-corrected chi connectivity index (χ2v) is 5.02. The van der Waals surface area contributed by atoms with Gasteiger partial charge < -0.3 is 0 Å². The molecule has 0 bridgehead atoms. The number of nitrogens with zero attached hydrogens (tertiary/aromatic N) is 1. The summed E-state index contributed by atoms with van der Waals surface area (Å²) >= 11 is 2.06. The molecule has 2 atom stereocenters. The van der Waals surface area contributed by atoms with Crippen molar-refractivity contribution in [1.82, 2.24) is 4.90 Å². The van der Waals surface area contributed by atoms with E-state index in [1.54, 1.807) is 0 Å². The second kappa shape index (κ2) is 4.34. The first kappa shape index (κ1) is 9.35. The van der Waals surface area contributed by atoms with E-state index >= 15 is 0 Å². The normalized spacial score (nSPS) is 31.5. The van der Waals surface area contributed by atoms with Crippen molar-refractivity contribution < 1.29 is 0 Å². The van der Waals surface area contributed by atoms with E-state index < -0.39 is 0 Å². The molecule has 0 aromatic heterocycles. The minimum absolute atomic E-state index is 0.691.